The van der Waals surface area contributed by atoms with E-state index in [9.17, 15) is 70.8 Å². The molecule has 16 N–H and O–H groups in total. The summed E-state index contributed by atoms with van der Waals surface area (Å²) in [6.07, 6.45) is 12.0. The minimum Gasteiger partial charge on any atom is -0.481 e. The molecule has 2 saturated heterocycles. The highest BCUT2D eigenvalue weighted by Gasteiger charge is 2.44. The molecule has 3 aromatic carbocycles. The van der Waals surface area contributed by atoms with E-state index in [1.807, 2.05) is 61.9 Å². The lowest BCUT2D eigenvalue weighted by molar-refractivity contribution is -0.401. The first kappa shape index (κ1) is 83.0. The Bertz CT molecular complexity index is 3980. The van der Waals surface area contributed by atoms with Crippen molar-refractivity contribution in [2.24, 2.45) is 16.5 Å². The lowest BCUT2D eigenvalue weighted by Crippen LogP contribution is -2.60. The number of nitrogens with one attached hydrogen (secondary N) is 10. The van der Waals surface area contributed by atoms with Crippen molar-refractivity contribution in [3.05, 3.63) is 126 Å². The van der Waals surface area contributed by atoms with Crippen LogP contribution in [-0.2, 0) is 80.1 Å². The Morgan fingerprint density at radius 1 is 0.686 bits per heavy atom. The number of allylic oxidation sites excluding steroid dienone is 6. The van der Waals surface area contributed by atoms with Gasteiger partial charge in [-0.05, 0) is 94.2 Å². The number of unbranched alkanes of at least 4 members (excludes halogenated alkanes) is 3. The summed E-state index contributed by atoms with van der Waals surface area (Å²) >= 11 is 0.947. The summed E-state index contributed by atoms with van der Waals surface area (Å²) < 4.78 is 35.7. The third-order valence-electron chi connectivity index (χ3n) is 18.2. The molecule has 34 heteroatoms. The molecule has 2 bridgehead atoms. The zero-order valence-corrected chi connectivity index (χ0v) is 62.9. The Morgan fingerprint density at radius 2 is 1.32 bits per heavy atom. The Balaban J connectivity index is 1.03. The van der Waals surface area contributed by atoms with Crippen LogP contribution in [0.2, 0.25) is 0 Å². The largest absolute Gasteiger partial charge is 0.481 e. The number of benzene rings is 3. The predicted octanol–water partition coefficient (Wildman–Crippen LogP) is 1.75. The van der Waals surface area contributed by atoms with Gasteiger partial charge >= 0.3 is 5.97 Å². The number of likely N-dealkylation sites (N-methyl/N-ethyl adjacent to an activating group) is 1. The van der Waals surface area contributed by atoms with Crippen molar-refractivity contribution in [3.63, 3.8) is 0 Å². The fourth-order valence-corrected chi connectivity index (χ4v) is 16.3. The molecule has 4 aliphatic rings. The lowest BCUT2D eigenvalue weighted by Gasteiger charge is -2.27. The molecule has 0 aromatic heterocycles. The van der Waals surface area contributed by atoms with E-state index in [-0.39, 0.29) is 96.8 Å². The van der Waals surface area contributed by atoms with E-state index in [4.69, 9.17) is 11.5 Å². The number of hydrogen-bond acceptors (Lipinski definition) is 18. The van der Waals surface area contributed by atoms with Gasteiger partial charge < -0.3 is 74.6 Å². The molecular formula is C71H96N15O15S4+. The molecule has 0 aliphatic carbocycles. The fraction of sp³-hybridized carbons (Fsp3) is 0.479. The number of hydrogen-bond donors (Lipinski definition) is 14. The van der Waals surface area contributed by atoms with E-state index < -0.39 is 130 Å². The molecule has 4 aliphatic heterocycles. The zero-order chi connectivity index (χ0) is 76.6. The van der Waals surface area contributed by atoms with Crippen LogP contribution in [0, 0.1) is 0 Å². The monoisotopic (exact) mass is 1530 g/mol. The van der Waals surface area contributed by atoms with Crippen LogP contribution < -0.4 is 69.5 Å². The number of nitrogens with two attached hydrogens (primary N) is 2. The standard InChI is InChI=1S/C71H95N15O15S4/c1-70(2)45-23-15-16-26-55(45)86(57(70)28-13-8-12-27-56-71(3,4)46-36-44(105(99,100)101)30-31-54(46)85(56)6)34-19-9-14-29-58(87)75-32-18-17-24-48-64(94)83-52-40-103-104-41-53(68(98)81-49(35-43-21-10-7-11-22-43)65(95)82-51(62(92)74-5)39-102-42-60(89)78-48)84-66(96)50(37-61(90)91)79-59(88)38-77-63(93)47(80-67(52)97)25-20-33-76-69(72)73/h7-8,10-13,15-16,21-23,26-28,30-31,36,47-53H,9,14,17-20,24-25,29,32-35,37-42H2,1-6H3,(H15-,72,73,74,75,76,77,78,79,80,81,82,83,84,87,88,89,90,91,92,93,94,95,96,97,98,99,100,101)/p+1/t47-,48-,49-,50-,51-,52-,53-/m0/s1. The summed E-state index contributed by atoms with van der Waals surface area (Å²) in [5.41, 5.74) is 16.7. The molecule has 10 amide bonds. The van der Waals surface area contributed by atoms with Gasteiger partial charge in [-0.1, -0.05) is 109 Å². The van der Waals surface area contributed by atoms with Gasteiger partial charge in [-0.3, -0.25) is 62.3 Å². The van der Waals surface area contributed by atoms with E-state index >= 15 is 0 Å². The molecule has 0 spiro atoms. The Labute approximate surface area is 623 Å². The minimum absolute atomic E-state index is 0.0000605. The molecule has 2 fully saturated rings. The summed E-state index contributed by atoms with van der Waals surface area (Å²) in [6.45, 7) is 8.50. The van der Waals surface area contributed by atoms with Gasteiger partial charge in [0.1, 0.15) is 49.3 Å². The van der Waals surface area contributed by atoms with E-state index in [0.29, 0.717) is 24.9 Å². The normalized spacial score (nSPS) is 22.7. The van der Waals surface area contributed by atoms with Crippen LogP contribution in [0.5, 0.6) is 0 Å². The average molecular weight is 1530 g/mol. The van der Waals surface area contributed by atoms with Crippen molar-refractivity contribution in [2.45, 2.75) is 156 Å². The maximum Gasteiger partial charge on any atom is 0.305 e. The van der Waals surface area contributed by atoms with Gasteiger partial charge in [-0.25, -0.2) is 0 Å². The van der Waals surface area contributed by atoms with Crippen molar-refractivity contribution in [1.29, 1.82) is 0 Å². The summed E-state index contributed by atoms with van der Waals surface area (Å²) in [5.74, 6) is -10.8. The molecule has 568 valence electrons. The van der Waals surface area contributed by atoms with Crippen LogP contribution in [0.4, 0.5) is 11.4 Å². The summed E-state index contributed by atoms with van der Waals surface area (Å²) in [4.78, 5) is 158. The van der Waals surface area contributed by atoms with Gasteiger partial charge in [0, 0.05) is 91.3 Å². The van der Waals surface area contributed by atoms with Gasteiger partial charge in [-0.15, -0.1) is 11.8 Å². The van der Waals surface area contributed by atoms with Crippen LogP contribution in [0.1, 0.15) is 109 Å². The molecule has 4 heterocycles. The Morgan fingerprint density at radius 3 is 2.00 bits per heavy atom. The molecule has 0 saturated carbocycles. The van der Waals surface area contributed by atoms with Gasteiger partial charge in [-0.2, -0.15) is 13.0 Å². The maximum absolute atomic E-state index is 14.6. The van der Waals surface area contributed by atoms with E-state index in [1.54, 1.807) is 36.4 Å². The first-order valence-corrected chi connectivity index (χ1v) is 39.6. The topological polar surface area (TPSA) is 453 Å². The van der Waals surface area contributed by atoms with Gasteiger partial charge in [0.15, 0.2) is 11.7 Å². The first-order valence-electron chi connectivity index (χ1n) is 34.5. The summed E-state index contributed by atoms with van der Waals surface area (Å²) in [7, 11) is 0.767. The highest BCUT2D eigenvalue weighted by molar-refractivity contribution is 8.76. The number of carbonyl (C=O) groups is 11. The predicted molar refractivity (Wildman–Crippen MR) is 404 cm³/mol. The number of carboxylic acid groups (broad SMARTS) is 1. The number of anilines is 1. The third kappa shape index (κ3) is 24.1. The second kappa shape index (κ2) is 39.2. The number of carboxylic acids is 1. The molecule has 3 aromatic rings. The maximum atomic E-state index is 14.6. The smallest absolute Gasteiger partial charge is 0.305 e. The first-order chi connectivity index (χ1) is 49.9. The highest BCUT2D eigenvalue weighted by atomic mass is 33.1. The number of para-hydroxylation sites is 1. The number of aliphatic imine (C=N–C) groups is 1. The molecular weight excluding hydrogens is 1430 g/mol. The van der Waals surface area contributed by atoms with Gasteiger partial charge in [0.2, 0.25) is 64.8 Å². The number of carbonyl (C=O) groups excluding carboxylic acids is 10. The molecule has 105 heavy (non-hydrogen) atoms. The quantitative estimate of drug-likeness (QED) is 0.0116. The van der Waals surface area contributed by atoms with E-state index in [1.165, 1.54) is 24.7 Å². The van der Waals surface area contributed by atoms with Crippen molar-refractivity contribution >= 4 is 132 Å². The molecule has 7 atom stereocenters. The molecule has 0 unspecified atom stereocenters. The van der Waals surface area contributed by atoms with Crippen molar-refractivity contribution in [3.8, 4) is 0 Å². The number of fused-ring (bicyclic) bond motifs is 7. The van der Waals surface area contributed by atoms with Gasteiger partial charge in [0.25, 0.3) is 10.1 Å². The molecule has 7 rings (SSSR count). The summed E-state index contributed by atoms with van der Waals surface area (Å²) in [6, 6.07) is 11.2. The number of amides is 10. The van der Waals surface area contributed by atoms with Gasteiger partial charge in [0.05, 0.1) is 29.0 Å². The van der Waals surface area contributed by atoms with E-state index in [2.05, 4.69) is 95.1 Å². The molecule has 30 nitrogen and oxygen atoms in total. The lowest BCUT2D eigenvalue weighted by atomic mass is 9.81. The zero-order valence-electron chi connectivity index (χ0n) is 59.6. The fourth-order valence-electron chi connectivity index (χ4n) is 12.6. The van der Waals surface area contributed by atoms with Crippen LogP contribution in [0.25, 0.3) is 0 Å². The SMILES string of the molecule is CNC(=O)[C@@H]1CSCC(=O)N[C@@H](CCCCNC(=O)CCCCCN2C(=CC=CC=CC3=[N+](C)c4ccc(S(=O)(=O)O)cc4C3(C)C)C(C)(C)c3ccccc32)C(=O)N[C@H]2CSSC[C@H](NC(=O)[C@H](CC(=O)O)NC(=O)CNC(=O)[C@H](CCCN=C(N)N)NC2=O)C(=O)N[C@@H](Cc2ccccc2)C(=O)N1. The summed E-state index contributed by atoms with van der Waals surface area (Å²) in [5, 5.41) is 35.9. The second-order valence-corrected chi connectivity index (χ2v) is 31.7. The number of rotatable bonds is 24. The van der Waals surface area contributed by atoms with Crippen molar-refractivity contribution < 1.29 is 75.4 Å². The number of guanidine groups is 1. The average Bonchev–Trinajstić information content (AvgIpc) is 1.61. The third-order valence-corrected chi connectivity index (χ3v) is 22.5. The minimum atomic E-state index is -4.38. The Kier molecular flexibility index (Phi) is 31.0. The van der Waals surface area contributed by atoms with Crippen molar-refractivity contribution in [1.82, 2.24) is 53.2 Å². The number of nitrogens with zero attached hydrogens (tertiary/aromatic N) is 3. The van der Waals surface area contributed by atoms with Crippen molar-refractivity contribution in [2.75, 3.05) is 68.2 Å². The van der Waals surface area contributed by atoms with Crippen LogP contribution in [0.15, 0.2) is 119 Å². The number of aliphatic carboxylic acids is 1. The molecule has 0 radical (unpaired) electrons. The van der Waals surface area contributed by atoms with E-state index in [0.717, 1.165) is 74.5 Å². The highest BCUT2D eigenvalue weighted by Crippen LogP contribution is 2.48. The number of thioether (sulfide) groups is 1. The Hall–Kier alpha value is -9.25. The van der Waals surface area contributed by atoms with Crippen LogP contribution in [-0.4, -0.2) is 205 Å². The van der Waals surface area contributed by atoms with Crippen LogP contribution in [0.3, 0.4) is 0 Å². The second-order valence-electron chi connectivity index (χ2n) is 26.7. The van der Waals surface area contributed by atoms with Crippen LogP contribution >= 0.6 is 33.3 Å².